The average Bonchev–Trinajstić information content (AvgIpc) is 2.78. The molecule has 2 unspecified atom stereocenters. The SMILES string of the molecule is CNCC1CCCC1Cc1nnn(C)n1. The number of aryl methyl sites for hydroxylation is 1. The Morgan fingerprint density at radius 2 is 2.20 bits per heavy atom. The number of rotatable bonds is 4. The van der Waals surface area contributed by atoms with Gasteiger partial charge in [-0.25, -0.2) is 0 Å². The number of hydrogen-bond acceptors (Lipinski definition) is 4. The molecule has 0 amide bonds. The fourth-order valence-electron chi connectivity index (χ4n) is 2.55. The first-order valence-electron chi connectivity index (χ1n) is 5.67. The fourth-order valence-corrected chi connectivity index (χ4v) is 2.55. The van der Waals surface area contributed by atoms with E-state index >= 15 is 0 Å². The van der Waals surface area contributed by atoms with Crippen LogP contribution in [0.2, 0.25) is 0 Å². The molecule has 1 aromatic heterocycles. The zero-order chi connectivity index (χ0) is 10.7. The number of tetrazole rings is 1. The lowest BCUT2D eigenvalue weighted by atomic mass is 9.92. The van der Waals surface area contributed by atoms with Gasteiger partial charge in [0, 0.05) is 6.42 Å². The number of nitrogens with zero attached hydrogens (tertiary/aromatic N) is 4. The lowest BCUT2D eigenvalue weighted by molar-refractivity contribution is 0.368. The zero-order valence-electron chi connectivity index (χ0n) is 9.48. The molecular weight excluding hydrogens is 190 g/mol. The molecule has 1 N–H and O–H groups in total. The fraction of sp³-hybridized carbons (Fsp3) is 0.900. The van der Waals surface area contributed by atoms with Crippen molar-refractivity contribution in [1.82, 2.24) is 25.5 Å². The molecule has 0 spiro atoms. The summed E-state index contributed by atoms with van der Waals surface area (Å²) in [5.74, 6) is 2.42. The molecule has 2 rings (SSSR count). The number of aromatic nitrogens is 4. The van der Waals surface area contributed by atoms with Crippen LogP contribution in [0.1, 0.15) is 25.1 Å². The smallest absolute Gasteiger partial charge is 0.175 e. The van der Waals surface area contributed by atoms with E-state index in [2.05, 4.69) is 20.7 Å². The van der Waals surface area contributed by atoms with Gasteiger partial charge in [0.15, 0.2) is 5.82 Å². The summed E-state index contributed by atoms with van der Waals surface area (Å²) in [7, 11) is 3.84. The van der Waals surface area contributed by atoms with E-state index in [0.717, 1.165) is 30.6 Å². The molecule has 5 heteroatoms. The summed E-state index contributed by atoms with van der Waals surface area (Å²) < 4.78 is 0. The summed E-state index contributed by atoms with van der Waals surface area (Å²) in [5.41, 5.74) is 0. The van der Waals surface area contributed by atoms with Crippen molar-refractivity contribution in [3.05, 3.63) is 5.82 Å². The average molecular weight is 209 g/mol. The van der Waals surface area contributed by atoms with Crippen LogP contribution in [0.3, 0.4) is 0 Å². The highest BCUT2D eigenvalue weighted by atomic mass is 15.6. The first kappa shape index (κ1) is 10.5. The van der Waals surface area contributed by atoms with E-state index in [1.807, 2.05) is 14.1 Å². The standard InChI is InChI=1S/C10H19N5/c1-11-7-9-5-3-4-8(9)6-10-12-14-15(2)13-10/h8-9,11H,3-7H2,1-2H3. The number of nitrogens with one attached hydrogen (secondary N) is 1. The molecule has 15 heavy (non-hydrogen) atoms. The van der Waals surface area contributed by atoms with Crippen LogP contribution in [0.4, 0.5) is 0 Å². The summed E-state index contributed by atoms with van der Waals surface area (Å²) in [4.78, 5) is 1.54. The Bertz CT molecular complexity index is 309. The van der Waals surface area contributed by atoms with Gasteiger partial charge in [-0.1, -0.05) is 6.42 Å². The normalized spacial score (nSPS) is 26.0. The lowest BCUT2D eigenvalue weighted by Gasteiger charge is -2.17. The minimum Gasteiger partial charge on any atom is -0.319 e. The predicted molar refractivity (Wildman–Crippen MR) is 57.3 cm³/mol. The molecule has 0 aromatic carbocycles. The summed E-state index contributed by atoms with van der Waals surface area (Å²) >= 11 is 0. The van der Waals surface area contributed by atoms with Gasteiger partial charge in [-0.3, -0.25) is 0 Å². The highest BCUT2D eigenvalue weighted by Crippen LogP contribution is 2.32. The van der Waals surface area contributed by atoms with Crippen molar-refractivity contribution < 1.29 is 0 Å². The Kier molecular flexibility index (Phi) is 3.30. The van der Waals surface area contributed by atoms with E-state index in [1.165, 1.54) is 24.1 Å². The van der Waals surface area contributed by atoms with Gasteiger partial charge in [0.2, 0.25) is 0 Å². The maximum absolute atomic E-state index is 4.24. The molecule has 1 heterocycles. The van der Waals surface area contributed by atoms with Crippen molar-refractivity contribution in [3.8, 4) is 0 Å². The highest BCUT2D eigenvalue weighted by molar-refractivity contribution is 4.88. The van der Waals surface area contributed by atoms with E-state index < -0.39 is 0 Å². The third-order valence-electron chi connectivity index (χ3n) is 3.28. The first-order chi connectivity index (χ1) is 7.29. The molecule has 0 saturated heterocycles. The van der Waals surface area contributed by atoms with Gasteiger partial charge in [0.05, 0.1) is 7.05 Å². The van der Waals surface area contributed by atoms with Crippen LogP contribution in [0, 0.1) is 11.8 Å². The largest absolute Gasteiger partial charge is 0.319 e. The maximum Gasteiger partial charge on any atom is 0.175 e. The van der Waals surface area contributed by atoms with E-state index in [1.54, 1.807) is 0 Å². The molecule has 0 aliphatic heterocycles. The summed E-state index contributed by atoms with van der Waals surface area (Å²) in [6.45, 7) is 1.12. The third kappa shape index (κ3) is 2.53. The Balaban J connectivity index is 1.93. The zero-order valence-corrected chi connectivity index (χ0v) is 9.48. The van der Waals surface area contributed by atoms with E-state index in [0.29, 0.717) is 0 Å². The quantitative estimate of drug-likeness (QED) is 0.779. The molecule has 1 saturated carbocycles. The van der Waals surface area contributed by atoms with Crippen LogP contribution < -0.4 is 5.32 Å². The van der Waals surface area contributed by atoms with Crippen molar-refractivity contribution >= 4 is 0 Å². The van der Waals surface area contributed by atoms with Gasteiger partial charge in [-0.15, -0.1) is 10.2 Å². The Labute approximate surface area is 90.2 Å². The summed E-state index contributed by atoms with van der Waals surface area (Å²) in [6.07, 6.45) is 4.98. The highest BCUT2D eigenvalue weighted by Gasteiger charge is 2.27. The molecule has 1 fully saturated rings. The monoisotopic (exact) mass is 209 g/mol. The maximum atomic E-state index is 4.24. The Morgan fingerprint density at radius 3 is 2.87 bits per heavy atom. The molecule has 5 nitrogen and oxygen atoms in total. The van der Waals surface area contributed by atoms with Crippen molar-refractivity contribution in [2.24, 2.45) is 18.9 Å². The lowest BCUT2D eigenvalue weighted by Crippen LogP contribution is -2.23. The van der Waals surface area contributed by atoms with Gasteiger partial charge < -0.3 is 5.32 Å². The molecule has 84 valence electrons. The van der Waals surface area contributed by atoms with Crippen molar-refractivity contribution in [2.75, 3.05) is 13.6 Å². The van der Waals surface area contributed by atoms with Gasteiger partial charge >= 0.3 is 0 Å². The molecule has 1 aliphatic carbocycles. The summed E-state index contributed by atoms with van der Waals surface area (Å²) in [5, 5.41) is 15.4. The van der Waals surface area contributed by atoms with Crippen LogP contribution in [0.25, 0.3) is 0 Å². The van der Waals surface area contributed by atoms with Crippen LogP contribution in [-0.2, 0) is 13.5 Å². The third-order valence-corrected chi connectivity index (χ3v) is 3.28. The molecule has 1 aliphatic rings. The minimum atomic E-state index is 0.738. The molecule has 2 atom stereocenters. The second-order valence-corrected chi connectivity index (χ2v) is 4.41. The van der Waals surface area contributed by atoms with Gasteiger partial charge in [0.1, 0.15) is 0 Å². The van der Waals surface area contributed by atoms with Crippen LogP contribution in [0.15, 0.2) is 0 Å². The Morgan fingerprint density at radius 1 is 1.40 bits per heavy atom. The van der Waals surface area contributed by atoms with Gasteiger partial charge in [-0.05, 0) is 43.5 Å². The molecule has 0 bridgehead atoms. The second kappa shape index (κ2) is 4.70. The van der Waals surface area contributed by atoms with Gasteiger partial charge in [-0.2, -0.15) is 4.80 Å². The van der Waals surface area contributed by atoms with E-state index in [-0.39, 0.29) is 0 Å². The van der Waals surface area contributed by atoms with Crippen LogP contribution in [0.5, 0.6) is 0 Å². The van der Waals surface area contributed by atoms with Gasteiger partial charge in [0.25, 0.3) is 0 Å². The first-order valence-corrected chi connectivity index (χ1v) is 5.67. The Hall–Kier alpha value is -0.970. The number of hydrogen-bond donors (Lipinski definition) is 1. The van der Waals surface area contributed by atoms with Crippen molar-refractivity contribution in [1.29, 1.82) is 0 Å². The van der Waals surface area contributed by atoms with E-state index in [4.69, 9.17) is 0 Å². The predicted octanol–water partition coefficient (Wildman–Crippen LogP) is 0.388. The molecule has 0 radical (unpaired) electrons. The molecule has 1 aromatic rings. The van der Waals surface area contributed by atoms with Crippen molar-refractivity contribution in [3.63, 3.8) is 0 Å². The van der Waals surface area contributed by atoms with Crippen molar-refractivity contribution in [2.45, 2.75) is 25.7 Å². The van der Waals surface area contributed by atoms with E-state index in [9.17, 15) is 0 Å². The summed E-state index contributed by atoms with van der Waals surface area (Å²) in [6, 6.07) is 0. The second-order valence-electron chi connectivity index (χ2n) is 4.41. The molecular formula is C10H19N5. The minimum absolute atomic E-state index is 0.738. The van der Waals surface area contributed by atoms with Crippen LogP contribution in [-0.4, -0.2) is 33.8 Å². The topological polar surface area (TPSA) is 55.6 Å². The van der Waals surface area contributed by atoms with Crippen LogP contribution >= 0.6 is 0 Å².